The normalized spacial score (nSPS) is 12.8. The summed E-state index contributed by atoms with van der Waals surface area (Å²) in [6.07, 6.45) is -1.86. The van der Waals surface area contributed by atoms with E-state index in [1.54, 1.807) is 12.1 Å². The maximum absolute atomic E-state index is 13.4. The Hall–Kier alpha value is -4.20. The summed E-state index contributed by atoms with van der Waals surface area (Å²) < 4.78 is 79.6. The largest absolute Gasteiger partial charge is 0.573 e. The maximum Gasteiger partial charge on any atom is 0.573 e. The second-order valence-electron chi connectivity index (χ2n) is 7.87. The zero-order valence-electron chi connectivity index (χ0n) is 19.1. The van der Waals surface area contributed by atoms with Gasteiger partial charge in [-0.25, -0.2) is 27.8 Å². The van der Waals surface area contributed by atoms with Gasteiger partial charge in [-0.05, 0) is 49.4 Å². The van der Waals surface area contributed by atoms with Gasteiger partial charge in [0.05, 0.1) is 28.5 Å². The van der Waals surface area contributed by atoms with E-state index in [1.807, 2.05) is 0 Å². The molecule has 1 N–H and O–H groups in total. The van der Waals surface area contributed by atoms with Crippen LogP contribution in [0, 0.1) is 5.82 Å². The quantitative estimate of drug-likeness (QED) is 0.367. The van der Waals surface area contributed by atoms with Crippen LogP contribution in [0.1, 0.15) is 29.0 Å². The average Bonchev–Trinajstić information content (AvgIpc) is 2.82. The van der Waals surface area contributed by atoms with Crippen molar-refractivity contribution in [3.8, 4) is 17.1 Å². The number of carbonyl (C=O) groups is 1. The van der Waals surface area contributed by atoms with E-state index >= 15 is 0 Å². The lowest BCUT2D eigenvalue weighted by Crippen LogP contribution is -2.28. The van der Waals surface area contributed by atoms with Crippen LogP contribution >= 0.6 is 0 Å². The fourth-order valence-electron chi connectivity index (χ4n) is 3.37. The first-order valence-electron chi connectivity index (χ1n) is 10.5. The Kier molecular flexibility index (Phi) is 6.78. The summed E-state index contributed by atoms with van der Waals surface area (Å²) in [5, 5.41) is 2.56. The molecule has 1 aromatic carbocycles. The first-order chi connectivity index (χ1) is 17.3. The Morgan fingerprint density at radius 2 is 1.84 bits per heavy atom. The Morgan fingerprint density at radius 3 is 2.49 bits per heavy atom. The van der Waals surface area contributed by atoms with Crippen molar-refractivity contribution in [3.63, 3.8) is 0 Å². The summed E-state index contributed by atoms with van der Waals surface area (Å²) in [7, 11) is -3.99. The molecule has 192 valence electrons. The highest BCUT2D eigenvalue weighted by atomic mass is 32.2. The third kappa shape index (κ3) is 6.14. The van der Waals surface area contributed by atoms with Gasteiger partial charge in [0.25, 0.3) is 5.91 Å². The van der Waals surface area contributed by atoms with Gasteiger partial charge in [-0.15, -0.1) is 13.2 Å². The molecule has 0 aliphatic heterocycles. The number of fused-ring (bicyclic) bond motifs is 1. The first kappa shape index (κ1) is 25.9. The number of hydrogen-bond donors (Lipinski definition) is 1. The molecule has 0 spiro atoms. The molecule has 0 aliphatic rings. The molecule has 0 radical (unpaired) electrons. The number of carbonyl (C=O) groups excluding carboxylic acids is 1. The lowest BCUT2D eigenvalue weighted by atomic mass is 10.1. The molecule has 0 fully saturated rings. The number of pyridine rings is 2. The molecular formula is C23H17F4N5O4S. The van der Waals surface area contributed by atoms with E-state index in [9.17, 15) is 30.8 Å². The smallest absolute Gasteiger partial charge is 0.406 e. The Balaban J connectivity index is 1.74. The fraction of sp³-hybridized carbons (Fsp3) is 0.174. The van der Waals surface area contributed by atoms with Gasteiger partial charge in [-0.1, -0.05) is 0 Å². The number of aromatic nitrogens is 4. The number of alkyl halides is 3. The Labute approximate surface area is 207 Å². The van der Waals surface area contributed by atoms with Gasteiger partial charge in [-0.3, -0.25) is 9.78 Å². The third-order valence-corrected chi connectivity index (χ3v) is 6.09. The molecule has 4 rings (SSSR count). The summed E-state index contributed by atoms with van der Waals surface area (Å²) >= 11 is 0. The van der Waals surface area contributed by atoms with E-state index in [1.165, 1.54) is 25.3 Å². The van der Waals surface area contributed by atoms with Gasteiger partial charge in [0.2, 0.25) is 0 Å². The Bertz CT molecular complexity index is 1600. The summed E-state index contributed by atoms with van der Waals surface area (Å²) in [5.74, 6) is -2.37. The van der Waals surface area contributed by atoms with Crippen molar-refractivity contribution >= 4 is 26.9 Å². The molecule has 1 atom stereocenters. The van der Waals surface area contributed by atoms with Crippen LogP contribution in [0.2, 0.25) is 0 Å². The van der Waals surface area contributed by atoms with E-state index in [-0.39, 0.29) is 22.7 Å². The van der Waals surface area contributed by atoms with E-state index in [2.05, 4.69) is 30.0 Å². The second kappa shape index (κ2) is 9.69. The standard InChI is InChI=1S/C23H17F4N5O4S/c1-12(30-22(33)13-8-15(36-23(25,26)27)10-16(9-13)37(2,34)35)19-20(17-6-5-14(24)11-29-17)31-18-4-3-7-28-21(18)32-19/h3-12H,1-2H3,(H,30,33)/t12-/m0/s1. The zero-order chi connectivity index (χ0) is 27.0. The van der Waals surface area contributed by atoms with E-state index in [0.29, 0.717) is 11.6 Å². The van der Waals surface area contributed by atoms with Crippen molar-refractivity contribution in [2.45, 2.75) is 24.2 Å². The van der Waals surface area contributed by atoms with Crippen LogP contribution in [0.4, 0.5) is 17.6 Å². The highest BCUT2D eigenvalue weighted by Crippen LogP contribution is 2.29. The van der Waals surface area contributed by atoms with Crippen molar-refractivity contribution in [3.05, 3.63) is 71.9 Å². The summed E-state index contributed by atoms with van der Waals surface area (Å²) in [6, 6.07) is 7.27. The number of rotatable bonds is 6. The molecule has 0 unspecified atom stereocenters. The van der Waals surface area contributed by atoms with Crippen LogP contribution in [0.3, 0.4) is 0 Å². The topological polar surface area (TPSA) is 124 Å². The van der Waals surface area contributed by atoms with Crippen molar-refractivity contribution in [1.82, 2.24) is 25.3 Å². The van der Waals surface area contributed by atoms with Gasteiger partial charge >= 0.3 is 6.36 Å². The van der Waals surface area contributed by atoms with Gasteiger partial charge in [0, 0.05) is 18.0 Å². The molecule has 0 bridgehead atoms. The molecule has 4 aromatic rings. The zero-order valence-corrected chi connectivity index (χ0v) is 19.9. The van der Waals surface area contributed by atoms with Crippen molar-refractivity contribution in [1.29, 1.82) is 0 Å². The molecule has 0 aliphatic carbocycles. The van der Waals surface area contributed by atoms with Crippen LogP contribution < -0.4 is 10.1 Å². The van der Waals surface area contributed by atoms with Crippen LogP contribution in [0.25, 0.3) is 22.6 Å². The van der Waals surface area contributed by atoms with Crippen molar-refractivity contribution < 1.29 is 35.5 Å². The predicted molar refractivity (Wildman–Crippen MR) is 123 cm³/mol. The third-order valence-electron chi connectivity index (χ3n) is 5.00. The molecular weight excluding hydrogens is 518 g/mol. The van der Waals surface area contributed by atoms with E-state index in [0.717, 1.165) is 24.6 Å². The maximum atomic E-state index is 13.4. The molecule has 14 heteroatoms. The number of sulfone groups is 1. The minimum Gasteiger partial charge on any atom is -0.406 e. The number of halogens is 4. The molecule has 0 saturated carbocycles. The van der Waals surface area contributed by atoms with Crippen LogP contribution in [-0.4, -0.2) is 46.9 Å². The molecule has 0 saturated heterocycles. The number of hydrogen-bond acceptors (Lipinski definition) is 8. The fourth-order valence-corrected chi connectivity index (χ4v) is 4.04. The highest BCUT2D eigenvalue weighted by Gasteiger charge is 2.32. The van der Waals surface area contributed by atoms with E-state index in [4.69, 9.17) is 0 Å². The summed E-state index contributed by atoms with van der Waals surface area (Å²) in [4.78, 5) is 29.6. The van der Waals surface area contributed by atoms with Crippen LogP contribution in [0.5, 0.6) is 5.75 Å². The van der Waals surface area contributed by atoms with Gasteiger partial charge in [-0.2, -0.15) is 0 Å². The lowest BCUT2D eigenvalue weighted by molar-refractivity contribution is -0.274. The van der Waals surface area contributed by atoms with Gasteiger partial charge in [0.15, 0.2) is 15.5 Å². The average molecular weight is 535 g/mol. The van der Waals surface area contributed by atoms with Crippen LogP contribution in [-0.2, 0) is 9.84 Å². The molecule has 9 nitrogen and oxygen atoms in total. The number of benzene rings is 1. The first-order valence-corrected chi connectivity index (χ1v) is 12.4. The molecule has 1 amide bonds. The van der Waals surface area contributed by atoms with Gasteiger partial charge < -0.3 is 10.1 Å². The molecule has 37 heavy (non-hydrogen) atoms. The predicted octanol–water partition coefficient (Wildman–Crippen LogP) is 4.02. The van der Waals surface area contributed by atoms with E-state index < -0.39 is 50.2 Å². The Morgan fingerprint density at radius 1 is 1.08 bits per heavy atom. The monoisotopic (exact) mass is 535 g/mol. The second-order valence-corrected chi connectivity index (χ2v) is 9.89. The summed E-state index contributed by atoms with van der Waals surface area (Å²) in [5.41, 5.74) is 0.882. The lowest BCUT2D eigenvalue weighted by Gasteiger charge is -2.18. The minimum absolute atomic E-state index is 0.185. The van der Waals surface area contributed by atoms with Crippen LogP contribution in [0.15, 0.2) is 59.8 Å². The summed E-state index contributed by atoms with van der Waals surface area (Å²) in [6.45, 7) is 1.53. The number of nitrogens with one attached hydrogen (secondary N) is 1. The number of nitrogens with zero attached hydrogens (tertiary/aromatic N) is 4. The molecule has 3 aromatic heterocycles. The SMILES string of the molecule is C[C@H](NC(=O)c1cc(OC(F)(F)F)cc(S(C)(=O)=O)c1)c1nc2ncccc2nc1-c1ccc(F)cn1. The van der Waals surface area contributed by atoms with Crippen molar-refractivity contribution in [2.24, 2.45) is 0 Å². The van der Waals surface area contributed by atoms with Crippen molar-refractivity contribution in [2.75, 3.05) is 6.26 Å². The molecule has 3 heterocycles. The number of amides is 1. The number of ether oxygens (including phenoxy) is 1. The highest BCUT2D eigenvalue weighted by molar-refractivity contribution is 7.90. The van der Waals surface area contributed by atoms with Gasteiger partial charge in [0.1, 0.15) is 22.8 Å². The minimum atomic E-state index is -5.11.